The molecule has 2 aromatic rings. The molecule has 0 radical (unpaired) electrons. The molecule has 0 aliphatic carbocycles. The summed E-state index contributed by atoms with van der Waals surface area (Å²) in [5.41, 5.74) is 6.69. The Morgan fingerprint density at radius 1 is 1.15 bits per heavy atom. The zero-order valence-corrected chi connectivity index (χ0v) is 16.3. The van der Waals surface area contributed by atoms with Crippen molar-refractivity contribution in [3.63, 3.8) is 0 Å². The topological polar surface area (TPSA) is 71.2 Å². The Kier molecular flexibility index (Phi) is 6.24. The summed E-state index contributed by atoms with van der Waals surface area (Å²) in [5.74, 6) is 0.0427. The minimum atomic E-state index is -0.540. The van der Waals surface area contributed by atoms with Crippen LogP contribution in [0.2, 0.25) is 15.1 Å². The number of primary amides is 1. The molecule has 0 saturated carbocycles. The predicted octanol–water partition coefficient (Wildman–Crippen LogP) is 4.22. The molecule has 1 fully saturated rings. The molecule has 1 aromatic heterocycles. The molecule has 1 aromatic carbocycles. The van der Waals surface area contributed by atoms with Gasteiger partial charge in [-0.05, 0) is 36.6 Å². The average Bonchev–Trinajstić information content (AvgIpc) is 2.61. The van der Waals surface area contributed by atoms with Gasteiger partial charge in [0.05, 0.1) is 20.6 Å². The first-order valence-corrected chi connectivity index (χ1v) is 9.44. The van der Waals surface area contributed by atoms with E-state index in [4.69, 9.17) is 40.5 Å². The first-order chi connectivity index (χ1) is 12.4. The second-order valence-corrected chi connectivity index (χ2v) is 7.58. The van der Waals surface area contributed by atoms with Crippen molar-refractivity contribution in [2.45, 2.75) is 25.4 Å². The molecule has 138 valence electrons. The van der Waals surface area contributed by atoms with E-state index in [1.807, 2.05) is 18.2 Å². The summed E-state index contributed by atoms with van der Waals surface area (Å²) in [6, 6.07) is 7.57. The fraction of sp³-hybridized carbons (Fsp3) is 0.333. The molecule has 8 heteroatoms. The zero-order valence-electron chi connectivity index (χ0n) is 14.0. The number of hydrogen-bond donors (Lipinski definition) is 2. The minimum Gasteiger partial charge on any atom is -0.366 e. The first-order valence-electron chi connectivity index (χ1n) is 8.30. The molecule has 3 N–H and O–H groups in total. The summed E-state index contributed by atoms with van der Waals surface area (Å²) in [6.07, 6.45) is 3.38. The smallest absolute Gasteiger partial charge is 0.250 e. The van der Waals surface area contributed by atoms with Crippen LogP contribution in [0.15, 0.2) is 30.5 Å². The third-order valence-electron chi connectivity index (χ3n) is 4.44. The molecule has 1 saturated heterocycles. The lowest BCUT2D eigenvalue weighted by atomic mass is 10.0. The van der Waals surface area contributed by atoms with Gasteiger partial charge >= 0.3 is 0 Å². The van der Waals surface area contributed by atoms with Gasteiger partial charge in [0.2, 0.25) is 5.91 Å². The van der Waals surface area contributed by atoms with Crippen molar-refractivity contribution in [3.05, 3.63) is 56.7 Å². The van der Waals surface area contributed by atoms with Crippen molar-refractivity contribution in [2.24, 2.45) is 5.73 Å². The summed E-state index contributed by atoms with van der Waals surface area (Å²) in [5, 5.41) is 4.92. The van der Waals surface area contributed by atoms with E-state index in [9.17, 15) is 4.79 Å². The van der Waals surface area contributed by atoms with Gasteiger partial charge < -0.3 is 11.1 Å². The van der Waals surface area contributed by atoms with Crippen LogP contribution in [0.3, 0.4) is 0 Å². The number of hydrogen-bond acceptors (Lipinski definition) is 4. The quantitative estimate of drug-likeness (QED) is 0.770. The maximum absolute atomic E-state index is 11.2. The Labute approximate surface area is 167 Å². The number of benzene rings is 1. The van der Waals surface area contributed by atoms with Crippen LogP contribution in [0, 0.1) is 0 Å². The molecule has 1 amide bonds. The van der Waals surface area contributed by atoms with Gasteiger partial charge in [0.1, 0.15) is 5.82 Å². The highest BCUT2D eigenvalue weighted by molar-refractivity contribution is 6.42. The van der Waals surface area contributed by atoms with Crippen LogP contribution >= 0.6 is 34.8 Å². The van der Waals surface area contributed by atoms with Crippen molar-refractivity contribution in [1.82, 2.24) is 9.88 Å². The van der Waals surface area contributed by atoms with Crippen LogP contribution < -0.4 is 11.1 Å². The number of amides is 1. The normalized spacial score (nSPS) is 15.8. The number of pyridine rings is 1. The molecule has 0 bridgehead atoms. The van der Waals surface area contributed by atoms with Gasteiger partial charge in [-0.1, -0.05) is 40.9 Å². The highest BCUT2D eigenvalue weighted by atomic mass is 35.5. The summed E-state index contributed by atoms with van der Waals surface area (Å²) in [6.45, 7) is 2.75. The van der Waals surface area contributed by atoms with Gasteiger partial charge in [-0.25, -0.2) is 4.98 Å². The van der Waals surface area contributed by atoms with Crippen molar-refractivity contribution < 1.29 is 4.79 Å². The maximum Gasteiger partial charge on any atom is 0.250 e. The first kappa shape index (κ1) is 19.2. The number of carbonyl (C=O) groups is 1. The molecule has 0 unspecified atom stereocenters. The van der Waals surface area contributed by atoms with E-state index >= 15 is 0 Å². The highest BCUT2D eigenvalue weighted by Gasteiger charge is 2.20. The van der Waals surface area contributed by atoms with Crippen molar-refractivity contribution in [1.29, 1.82) is 0 Å². The fourth-order valence-corrected chi connectivity index (χ4v) is 3.55. The van der Waals surface area contributed by atoms with Crippen LogP contribution in [0.25, 0.3) is 0 Å². The average molecular weight is 414 g/mol. The van der Waals surface area contributed by atoms with E-state index in [0.29, 0.717) is 26.4 Å². The SMILES string of the molecule is NC(=O)c1cnc(NC2CCN(Cc3ccc(Cl)c(Cl)c3)CC2)c(Cl)c1. The Morgan fingerprint density at radius 2 is 1.88 bits per heavy atom. The number of piperidine rings is 1. The second-order valence-electron chi connectivity index (χ2n) is 6.36. The highest BCUT2D eigenvalue weighted by Crippen LogP contribution is 2.26. The number of carbonyl (C=O) groups excluding carboxylic acids is 1. The number of nitrogens with two attached hydrogens (primary N) is 1. The Hall–Kier alpha value is -1.53. The number of nitrogens with zero attached hydrogens (tertiary/aromatic N) is 2. The molecule has 1 aliphatic heterocycles. The van der Waals surface area contributed by atoms with E-state index in [2.05, 4.69) is 15.2 Å². The van der Waals surface area contributed by atoms with Crippen LogP contribution in [0.1, 0.15) is 28.8 Å². The monoisotopic (exact) mass is 412 g/mol. The molecule has 0 spiro atoms. The fourth-order valence-electron chi connectivity index (χ4n) is 3.00. The van der Waals surface area contributed by atoms with Crippen molar-refractivity contribution >= 4 is 46.5 Å². The number of nitrogens with one attached hydrogen (secondary N) is 1. The number of aromatic nitrogens is 1. The van der Waals surface area contributed by atoms with Crippen LogP contribution in [-0.2, 0) is 6.54 Å². The molecule has 26 heavy (non-hydrogen) atoms. The standard InChI is InChI=1S/C18H19Cl3N4O/c19-14-2-1-11(7-15(14)20)10-25-5-3-13(4-6-25)24-18-16(21)8-12(9-23-18)17(22)26/h1-2,7-9,13H,3-6,10H2,(H2,22,26)(H,23,24). The molecule has 3 rings (SSSR count). The minimum absolute atomic E-state index is 0.282. The van der Waals surface area contributed by atoms with Crippen LogP contribution in [0.5, 0.6) is 0 Å². The Balaban J connectivity index is 1.53. The molecular weight excluding hydrogens is 395 g/mol. The lowest BCUT2D eigenvalue weighted by molar-refractivity contribution is 0.1000. The number of anilines is 1. The van der Waals surface area contributed by atoms with Gasteiger partial charge in [-0.15, -0.1) is 0 Å². The maximum atomic E-state index is 11.2. The van der Waals surface area contributed by atoms with Crippen LogP contribution in [-0.4, -0.2) is 34.9 Å². The molecule has 5 nitrogen and oxygen atoms in total. The third-order valence-corrected chi connectivity index (χ3v) is 5.47. The van der Waals surface area contributed by atoms with Gasteiger partial charge in [0.25, 0.3) is 0 Å². The van der Waals surface area contributed by atoms with E-state index in [0.717, 1.165) is 38.0 Å². The van der Waals surface area contributed by atoms with E-state index in [-0.39, 0.29) is 6.04 Å². The third kappa shape index (κ3) is 4.80. The van der Waals surface area contributed by atoms with Gasteiger partial charge in [0, 0.05) is 31.9 Å². The van der Waals surface area contributed by atoms with Gasteiger partial charge in [0.15, 0.2) is 0 Å². The molecule has 0 atom stereocenters. The number of halogens is 3. The summed E-state index contributed by atoms with van der Waals surface area (Å²) in [7, 11) is 0. The molecule has 2 heterocycles. The largest absolute Gasteiger partial charge is 0.366 e. The molecule has 1 aliphatic rings. The molecular formula is C18H19Cl3N4O. The van der Waals surface area contributed by atoms with Gasteiger partial charge in [-0.3, -0.25) is 9.69 Å². The van der Waals surface area contributed by atoms with E-state index in [1.54, 1.807) is 6.07 Å². The Bertz CT molecular complexity index is 807. The van der Waals surface area contributed by atoms with Crippen molar-refractivity contribution in [2.75, 3.05) is 18.4 Å². The van der Waals surface area contributed by atoms with Gasteiger partial charge in [-0.2, -0.15) is 0 Å². The van der Waals surface area contributed by atoms with Crippen LogP contribution in [0.4, 0.5) is 5.82 Å². The summed E-state index contributed by atoms with van der Waals surface area (Å²) in [4.78, 5) is 17.8. The summed E-state index contributed by atoms with van der Waals surface area (Å²) >= 11 is 18.2. The van der Waals surface area contributed by atoms with E-state index in [1.165, 1.54) is 6.20 Å². The van der Waals surface area contributed by atoms with Crippen molar-refractivity contribution in [3.8, 4) is 0 Å². The summed E-state index contributed by atoms with van der Waals surface area (Å²) < 4.78 is 0. The zero-order chi connectivity index (χ0) is 18.7. The van der Waals surface area contributed by atoms with E-state index < -0.39 is 5.91 Å². The predicted molar refractivity (Wildman–Crippen MR) is 106 cm³/mol. The lowest BCUT2D eigenvalue weighted by Gasteiger charge is -2.32. The number of likely N-dealkylation sites (tertiary alicyclic amines) is 1. The Morgan fingerprint density at radius 3 is 2.50 bits per heavy atom. The second kappa shape index (κ2) is 8.44. The lowest BCUT2D eigenvalue weighted by Crippen LogP contribution is -2.38. The number of rotatable bonds is 5.